The Kier molecular flexibility index (Phi) is 5.68. The number of nitrogens with zero attached hydrogens (tertiary/aromatic N) is 1. The van der Waals surface area contributed by atoms with E-state index >= 15 is 0 Å². The lowest BCUT2D eigenvalue weighted by Gasteiger charge is -2.26. The number of hydrogen-bond acceptors (Lipinski definition) is 5. The number of hydrogen-bond donors (Lipinski definition) is 2. The maximum Gasteiger partial charge on any atom is 0.335 e. The Morgan fingerprint density at radius 3 is 2.50 bits per heavy atom. The first kappa shape index (κ1) is 19.9. The zero-order valence-electron chi connectivity index (χ0n) is 15.2. The van der Waals surface area contributed by atoms with E-state index < -0.39 is 17.8 Å². The summed E-state index contributed by atoms with van der Waals surface area (Å²) in [5.41, 5.74) is 1.64. The normalized spacial score (nSPS) is 15.8. The van der Waals surface area contributed by atoms with Gasteiger partial charge in [-0.15, -0.1) is 0 Å². The maximum atomic E-state index is 12.9. The van der Waals surface area contributed by atoms with Gasteiger partial charge in [0.05, 0.1) is 15.9 Å². The Morgan fingerprint density at radius 1 is 1.18 bits per heavy atom. The minimum atomic E-state index is -0.800. The van der Waals surface area contributed by atoms with Crippen molar-refractivity contribution in [1.82, 2.24) is 5.32 Å². The molecule has 0 aliphatic carbocycles. The molecule has 0 aromatic heterocycles. The number of carbonyl (C=O) groups excluding carboxylic acids is 3. The van der Waals surface area contributed by atoms with Crippen molar-refractivity contribution in [2.24, 2.45) is 0 Å². The summed E-state index contributed by atoms with van der Waals surface area (Å²) >= 11 is 1.93. The van der Waals surface area contributed by atoms with Gasteiger partial charge >= 0.3 is 6.03 Å². The van der Waals surface area contributed by atoms with Crippen molar-refractivity contribution >= 4 is 52.2 Å². The van der Waals surface area contributed by atoms with Crippen molar-refractivity contribution in [3.63, 3.8) is 0 Å². The Labute approximate surface area is 175 Å². The molecule has 0 radical (unpaired) electrons. The first-order valence-corrected chi connectivity index (χ1v) is 9.53. The highest BCUT2D eigenvalue weighted by Crippen LogP contribution is 2.34. The first-order chi connectivity index (χ1) is 13.3. The number of aryl methyl sites for hydroxylation is 1. The van der Waals surface area contributed by atoms with Crippen LogP contribution in [-0.4, -0.2) is 29.6 Å². The highest BCUT2D eigenvalue weighted by molar-refractivity contribution is 14.1. The molecule has 1 saturated heterocycles. The van der Waals surface area contributed by atoms with E-state index in [-0.39, 0.29) is 17.1 Å². The maximum absolute atomic E-state index is 12.9. The molecule has 144 valence electrons. The summed E-state index contributed by atoms with van der Waals surface area (Å²) in [6.45, 7) is 4.01. The molecule has 3 rings (SSSR count). The molecule has 0 bridgehead atoms. The van der Waals surface area contributed by atoms with E-state index in [0.29, 0.717) is 21.4 Å². The highest BCUT2D eigenvalue weighted by atomic mass is 127. The van der Waals surface area contributed by atoms with E-state index in [2.05, 4.69) is 5.32 Å². The van der Waals surface area contributed by atoms with Crippen LogP contribution in [0.1, 0.15) is 18.1 Å². The lowest BCUT2D eigenvalue weighted by Crippen LogP contribution is -2.54. The van der Waals surface area contributed by atoms with Crippen LogP contribution in [0.3, 0.4) is 0 Å². The standard InChI is InChI=1S/C20H17IN2O5/c1-3-28-16-10-12(9-15(21)17(16)24)8-14-18(25)22-20(27)23(19(14)26)13-6-4-11(2)5-7-13/h4-10,24H,3H2,1-2H3,(H,22,25,27)/b14-8+. The number of nitrogens with one attached hydrogen (secondary N) is 1. The molecule has 1 heterocycles. The third kappa shape index (κ3) is 3.86. The van der Waals surface area contributed by atoms with Gasteiger partial charge in [0, 0.05) is 0 Å². The van der Waals surface area contributed by atoms with Crippen LogP contribution in [0.4, 0.5) is 10.5 Å². The van der Waals surface area contributed by atoms with Gasteiger partial charge in [-0.3, -0.25) is 14.9 Å². The van der Waals surface area contributed by atoms with Gasteiger partial charge in [0.1, 0.15) is 5.57 Å². The van der Waals surface area contributed by atoms with Gasteiger partial charge in [-0.05, 0) is 72.3 Å². The predicted molar refractivity (Wildman–Crippen MR) is 112 cm³/mol. The van der Waals surface area contributed by atoms with E-state index in [0.717, 1.165) is 10.5 Å². The molecule has 2 aromatic carbocycles. The van der Waals surface area contributed by atoms with E-state index in [1.807, 2.05) is 29.5 Å². The average Bonchev–Trinajstić information content (AvgIpc) is 2.64. The molecule has 28 heavy (non-hydrogen) atoms. The molecule has 0 saturated carbocycles. The van der Waals surface area contributed by atoms with Crippen LogP contribution in [0.15, 0.2) is 42.0 Å². The van der Waals surface area contributed by atoms with Gasteiger partial charge in [0.25, 0.3) is 11.8 Å². The number of aromatic hydroxyl groups is 1. The zero-order valence-corrected chi connectivity index (χ0v) is 17.3. The second-order valence-corrected chi connectivity index (χ2v) is 7.24. The number of urea groups is 1. The average molecular weight is 492 g/mol. The summed E-state index contributed by atoms with van der Waals surface area (Å²) in [6, 6.07) is 9.15. The minimum absolute atomic E-state index is 0.0134. The lowest BCUT2D eigenvalue weighted by molar-refractivity contribution is -0.122. The fourth-order valence-corrected chi connectivity index (χ4v) is 3.32. The van der Waals surface area contributed by atoms with E-state index in [9.17, 15) is 19.5 Å². The van der Waals surface area contributed by atoms with Crippen molar-refractivity contribution in [2.75, 3.05) is 11.5 Å². The van der Waals surface area contributed by atoms with Crippen LogP contribution < -0.4 is 15.0 Å². The number of anilines is 1. The number of phenols is 1. The third-order valence-electron chi connectivity index (χ3n) is 4.06. The smallest absolute Gasteiger partial charge is 0.335 e. The molecule has 2 N–H and O–H groups in total. The number of carbonyl (C=O) groups is 3. The number of phenolic OH excluding ortho intramolecular Hbond substituents is 1. The van der Waals surface area contributed by atoms with Crippen LogP contribution in [0.5, 0.6) is 11.5 Å². The van der Waals surface area contributed by atoms with Crippen molar-refractivity contribution in [3.05, 3.63) is 56.7 Å². The van der Waals surface area contributed by atoms with Crippen LogP contribution in [0, 0.1) is 10.5 Å². The van der Waals surface area contributed by atoms with Gasteiger partial charge in [-0.2, -0.15) is 0 Å². The molecular weight excluding hydrogens is 475 g/mol. The van der Waals surface area contributed by atoms with Gasteiger partial charge in [-0.25, -0.2) is 9.69 Å². The predicted octanol–water partition coefficient (Wildman–Crippen LogP) is 3.37. The van der Waals surface area contributed by atoms with Crippen LogP contribution >= 0.6 is 22.6 Å². The van der Waals surface area contributed by atoms with Crippen LogP contribution in [-0.2, 0) is 9.59 Å². The SMILES string of the molecule is CCOc1cc(/C=C2\C(=O)NC(=O)N(c3ccc(C)cc3)C2=O)cc(I)c1O. The summed E-state index contributed by atoms with van der Waals surface area (Å²) in [5, 5.41) is 12.2. The Balaban J connectivity index is 2.03. The lowest BCUT2D eigenvalue weighted by atomic mass is 10.1. The Bertz CT molecular complexity index is 998. The number of amides is 4. The molecule has 1 aliphatic rings. The molecule has 0 spiro atoms. The summed E-state index contributed by atoms with van der Waals surface area (Å²) in [6.07, 6.45) is 1.37. The molecule has 1 fully saturated rings. The summed E-state index contributed by atoms with van der Waals surface area (Å²) in [7, 11) is 0. The van der Waals surface area contributed by atoms with E-state index in [4.69, 9.17) is 4.74 Å². The van der Waals surface area contributed by atoms with Crippen molar-refractivity contribution in [2.45, 2.75) is 13.8 Å². The second kappa shape index (κ2) is 8.01. The number of rotatable bonds is 4. The highest BCUT2D eigenvalue weighted by Gasteiger charge is 2.36. The molecular formula is C20H17IN2O5. The number of barbiturate groups is 1. The van der Waals surface area contributed by atoms with Crippen molar-refractivity contribution in [1.29, 1.82) is 0 Å². The molecule has 0 atom stereocenters. The third-order valence-corrected chi connectivity index (χ3v) is 4.88. The number of imide groups is 2. The fourth-order valence-electron chi connectivity index (χ4n) is 2.70. The number of benzene rings is 2. The molecule has 1 aliphatic heterocycles. The van der Waals surface area contributed by atoms with Crippen molar-refractivity contribution in [3.8, 4) is 11.5 Å². The van der Waals surface area contributed by atoms with Gasteiger partial charge in [0.15, 0.2) is 11.5 Å². The van der Waals surface area contributed by atoms with Crippen LogP contribution in [0.25, 0.3) is 6.08 Å². The van der Waals surface area contributed by atoms with Crippen LogP contribution in [0.2, 0.25) is 0 Å². The molecule has 8 heteroatoms. The number of halogens is 1. The zero-order chi connectivity index (χ0) is 20.4. The van der Waals surface area contributed by atoms with Gasteiger partial charge < -0.3 is 9.84 Å². The summed E-state index contributed by atoms with van der Waals surface area (Å²) in [4.78, 5) is 38.3. The molecule has 2 aromatic rings. The Morgan fingerprint density at radius 2 is 1.86 bits per heavy atom. The quantitative estimate of drug-likeness (QED) is 0.388. The summed E-state index contributed by atoms with van der Waals surface area (Å²) in [5.74, 6) is -1.27. The fraction of sp³-hybridized carbons (Fsp3) is 0.150. The van der Waals surface area contributed by atoms with E-state index in [1.165, 1.54) is 12.1 Å². The minimum Gasteiger partial charge on any atom is -0.504 e. The monoisotopic (exact) mass is 492 g/mol. The molecule has 7 nitrogen and oxygen atoms in total. The first-order valence-electron chi connectivity index (χ1n) is 8.45. The molecule has 4 amide bonds. The molecule has 0 unspecified atom stereocenters. The summed E-state index contributed by atoms with van der Waals surface area (Å²) < 4.78 is 5.89. The van der Waals surface area contributed by atoms with Gasteiger partial charge in [-0.1, -0.05) is 17.7 Å². The van der Waals surface area contributed by atoms with E-state index in [1.54, 1.807) is 37.3 Å². The topological polar surface area (TPSA) is 95.9 Å². The van der Waals surface area contributed by atoms with Gasteiger partial charge in [0.2, 0.25) is 0 Å². The Hall–Kier alpha value is -2.88. The second-order valence-electron chi connectivity index (χ2n) is 6.08. The van der Waals surface area contributed by atoms with Crippen molar-refractivity contribution < 1.29 is 24.2 Å². The largest absolute Gasteiger partial charge is 0.504 e. The number of ether oxygens (including phenoxy) is 1.